The van der Waals surface area contributed by atoms with Crippen LogP contribution in [0.15, 0.2) is 29.7 Å². The number of thioether (sulfide) groups is 1. The normalized spacial score (nSPS) is 10.9. The highest BCUT2D eigenvalue weighted by Crippen LogP contribution is 2.21. The van der Waals surface area contributed by atoms with Crippen molar-refractivity contribution in [3.63, 3.8) is 0 Å². The fourth-order valence-electron chi connectivity index (χ4n) is 1.65. The quantitative estimate of drug-likeness (QED) is 0.623. The van der Waals surface area contributed by atoms with Crippen LogP contribution < -0.4 is 0 Å². The molecule has 0 unspecified atom stereocenters. The van der Waals surface area contributed by atoms with E-state index in [1.807, 2.05) is 18.2 Å². The molecule has 2 heterocycles. The summed E-state index contributed by atoms with van der Waals surface area (Å²) in [5, 5.41) is 17.0. The number of hydrogen-bond acceptors (Lipinski definition) is 5. The Morgan fingerprint density at radius 3 is 3.11 bits per heavy atom. The molecule has 19 heavy (non-hydrogen) atoms. The van der Waals surface area contributed by atoms with Crippen LogP contribution in [0.5, 0.6) is 0 Å². The Morgan fingerprint density at radius 2 is 2.26 bits per heavy atom. The average molecular weight is 275 g/mol. The zero-order valence-corrected chi connectivity index (χ0v) is 10.4. The highest BCUT2D eigenvalue weighted by Gasteiger charge is 2.08. The lowest BCUT2D eigenvalue weighted by atomic mass is 10.2. The molecule has 0 saturated carbocycles. The molecule has 3 rings (SSSR count). The van der Waals surface area contributed by atoms with Gasteiger partial charge in [0.05, 0.1) is 23.1 Å². The summed E-state index contributed by atoms with van der Waals surface area (Å²) in [6.07, 6.45) is 1.63. The molecule has 0 bridgehead atoms. The molecular formula is C11H9N5O2S. The zero-order chi connectivity index (χ0) is 13.2. The van der Waals surface area contributed by atoms with Crippen LogP contribution in [0.2, 0.25) is 0 Å². The number of rotatable bonds is 4. The summed E-state index contributed by atoms with van der Waals surface area (Å²) in [5.74, 6) is -0.341. The fraction of sp³-hybridized carbons (Fsp3) is 0.0909. The molecule has 0 atom stereocenters. The van der Waals surface area contributed by atoms with Crippen molar-refractivity contribution in [2.75, 3.05) is 5.75 Å². The molecule has 1 aromatic carbocycles. The summed E-state index contributed by atoms with van der Waals surface area (Å²) in [4.78, 5) is 20.6. The smallest absolute Gasteiger partial charge is 0.313 e. The van der Waals surface area contributed by atoms with Crippen molar-refractivity contribution in [1.82, 2.24) is 25.1 Å². The highest BCUT2D eigenvalue weighted by molar-refractivity contribution is 7.99. The van der Waals surface area contributed by atoms with Crippen LogP contribution in [0, 0.1) is 0 Å². The Morgan fingerprint density at radius 1 is 1.37 bits per heavy atom. The monoisotopic (exact) mass is 275 g/mol. The fourth-order valence-corrected chi connectivity index (χ4v) is 2.18. The maximum atomic E-state index is 10.5. The van der Waals surface area contributed by atoms with E-state index in [1.165, 1.54) is 0 Å². The lowest BCUT2D eigenvalue weighted by molar-refractivity contribution is -0.133. The number of carboxylic acid groups (broad SMARTS) is 1. The number of H-pyrrole nitrogens is 2. The van der Waals surface area contributed by atoms with Gasteiger partial charge in [0.2, 0.25) is 0 Å². The molecule has 7 nitrogen and oxygen atoms in total. The number of nitrogens with zero attached hydrogens (tertiary/aromatic N) is 3. The first-order valence-electron chi connectivity index (χ1n) is 5.43. The van der Waals surface area contributed by atoms with E-state index in [1.54, 1.807) is 6.33 Å². The van der Waals surface area contributed by atoms with Gasteiger partial charge in [0.25, 0.3) is 0 Å². The van der Waals surface area contributed by atoms with Gasteiger partial charge in [-0.2, -0.15) is 0 Å². The molecule has 3 aromatic rings. The number of imidazole rings is 1. The number of fused-ring (bicyclic) bond motifs is 1. The van der Waals surface area contributed by atoms with Crippen LogP contribution in [0.1, 0.15) is 0 Å². The van der Waals surface area contributed by atoms with Crippen LogP contribution >= 0.6 is 11.8 Å². The summed E-state index contributed by atoms with van der Waals surface area (Å²) >= 11 is 1.10. The Balaban J connectivity index is 1.86. The predicted octanol–water partition coefficient (Wildman–Crippen LogP) is 1.52. The van der Waals surface area contributed by atoms with Gasteiger partial charge in [-0.1, -0.05) is 11.8 Å². The Labute approximate surface area is 111 Å². The van der Waals surface area contributed by atoms with Crippen LogP contribution in [-0.4, -0.2) is 42.0 Å². The molecular weight excluding hydrogens is 266 g/mol. The van der Waals surface area contributed by atoms with Crippen molar-refractivity contribution in [3.05, 3.63) is 24.5 Å². The largest absolute Gasteiger partial charge is 0.481 e. The van der Waals surface area contributed by atoms with E-state index in [2.05, 4.69) is 25.1 Å². The molecule has 0 fully saturated rings. The molecule has 0 radical (unpaired) electrons. The zero-order valence-electron chi connectivity index (χ0n) is 9.62. The molecule has 96 valence electrons. The first kappa shape index (κ1) is 11.7. The summed E-state index contributed by atoms with van der Waals surface area (Å²) in [5.41, 5.74) is 2.65. The molecule has 8 heteroatoms. The second-order valence-electron chi connectivity index (χ2n) is 3.80. The van der Waals surface area contributed by atoms with E-state index >= 15 is 0 Å². The minimum atomic E-state index is -0.888. The first-order chi connectivity index (χ1) is 9.22. The highest BCUT2D eigenvalue weighted by atomic mass is 32.2. The van der Waals surface area contributed by atoms with E-state index in [0.717, 1.165) is 28.4 Å². The molecule has 0 spiro atoms. The van der Waals surface area contributed by atoms with Crippen LogP contribution in [0.3, 0.4) is 0 Å². The third-order valence-corrected chi connectivity index (χ3v) is 3.34. The van der Waals surface area contributed by atoms with Crippen molar-refractivity contribution in [1.29, 1.82) is 0 Å². The maximum absolute atomic E-state index is 10.5. The van der Waals surface area contributed by atoms with Crippen molar-refractivity contribution >= 4 is 28.8 Å². The lowest BCUT2D eigenvalue weighted by Gasteiger charge is -1.95. The Hall–Kier alpha value is -2.35. The maximum Gasteiger partial charge on any atom is 0.313 e. The Kier molecular flexibility index (Phi) is 2.92. The topological polar surface area (TPSA) is 108 Å². The molecule has 0 amide bonds. The number of aromatic amines is 2. The van der Waals surface area contributed by atoms with E-state index in [0.29, 0.717) is 11.0 Å². The van der Waals surface area contributed by atoms with Gasteiger partial charge in [-0.15, -0.1) is 10.2 Å². The number of benzene rings is 1. The van der Waals surface area contributed by atoms with Gasteiger partial charge in [0.15, 0.2) is 11.0 Å². The summed E-state index contributed by atoms with van der Waals surface area (Å²) < 4.78 is 0. The standard InChI is InChI=1S/C11H9N5O2S/c17-9(18)4-19-11-14-10(15-16-11)6-1-2-7-8(3-6)13-5-12-7/h1-3,5H,4H2,(H,12,13)(H,17,18)(H,14,15,16). The molecule has 3 N–H and O–H groups in total. The molecule has 0 aliphatic heterocycles. The summed E-state index contributed by atoms with van der Waals surface area (Å²) in [6, 6.07) is 5.69. The molecule has 2 aromatic heterocycles. The van der Waals surface area contributed by atoms with Crippen LogP contribution in [-0.2, 0) is 4.79 Å². The number of hydrogen-bond donors (Lipinski definition) is 3. The lowest BCUT2D eigenvalue weighted by Crippen LogP contribution is -1.97. The van der Waals surface area contributed by atoms with Gasteiger partial charge in [-0.05, 0) is 18.2 Å². The van der Waals surface area contributed by atoms with E-state index in [-0.39, 0.29) is 5.75 Å². The van der Waals surface area contributed by atoms with Gasteiger partial charge < -0.3 is 15.1 Å². The van der Waals surface area contributed by atoms with Crippen molar-refractivity contribution < 1.29 is 9.90 Å². The minimum absolute atomic E-state index is 0.0486. The van der Waals surface area contributed by atoms with Gasteiger partial charge in [-0.3, -0.25) is 4.79 Å². The third-order valence-electron chi connectivity index (χ3n) is 2.49. The van der Waals surface area contributed by atoms with Crippen molar-refractivity contribution in [3.8, 4) is 11.4 Å². The van der Waals surface area contributed by atoms with Gasteiger partial charge in [0, 0.05) is 5.56 Å². The minimum Gasteiger partial charge on any atom is -0.481 e. The predicted molar refractivity (Wildman–Crippen MR) is 69.8 cm³/mol. The number of aliphatic carboxylic acids is 1. The summed E-state index contributed by atoms with van der Waals surface area (Å²) in [7, 11) is 0. The van der Waals surface area contributed by atoms with Gasteiger partial charge >= 0.3 is 5.97 Å². The first-order valence-corrected chi connectivity index (χ1v) is 6.42. The van der Waals surface area contributed by atoms with Gasteiger partial charge in [0.1, 0.15) is 0 Å². The van der Waals surface area contributed by atoms with E-state index in [9.17, 15) is 4.79 Å². The van der Waals surface area contributed by atoms with Gasteiger partial charge in [-0.25, -0.2) is 4.98 Å². The second kappa shape index (κ2) is 4.73. The SMILES string of the molecule is O=C(O)CSc1nnc(-c2ccc3[nH]cnc3c2)[nH]1. The molecule has 0 aliphatic rings. The van der Waals surface area contributed by atoms with E-state index < -0.39 is 5.97 Å². The number of carbonyl (C=O) groups is 1. The number of aromatic nitrogens is 5. The molecule has 0 aliphatic carbocycles. The van der Waals surface area contributed by atoms with E-state index in [4.69, 9.17) is 5.11 Å². The van der Waals surface area contributed by atoms with Crippen molar-refractivity contribution in [2.45, 2.75) is 5.16 Å². The third kappa shape index (κ3) is 2.43. The molecule has 0 saturated heterocycles. The average Bonchev–Trinajstić information content (AvgIpc) is 3.04. The summed E-state index contributed by atoms with van der Waals surface area (Å²) in [6.45, 7) is 0. The number of nitrogens with one attached hydrogen (secondary N) is 2. The van der Waals surface area contributed by atoms with Crippen LogP contribution in [0.25, 0.3) is 22.4 Å². The van der Waals surface area contributed by atoms with Crippen molar-refractivity contribution in [2.24, 2.45) is 0 Å². The van der Waals surface area contributed by atoms with Crippen LogP contribution in [0.4, 0.5) is 0 Å². The number of carboxylic acids is 1. The second-order valence-corrected chi connectivity index (χ2v) is 4.76. The Bertz CT molecular complexity index is 735.